The second-order valence-corrected chi connectivity index (χ2v) is 6.30. The fraction of sp³-hybridized carbons (Fsp3) is 0.333. The number of aryl methyl sites for hydroxylation is 2. The molecule has 0 unspecified atom stereocenters. The van der Waals surface area contributed by atoms with Crippen molar-refractivity contribution < 1.29 is 0 Å². The lowest BCUT2D eigenvalue weighted by molar-refractivity contribution is 0.726. The molecule has 3 rings (SSSR count). The van der Waals surface area contributed by atoms with Crippen LogP contribution in [-0.4, -0.2) is 38.0 Å². The summed E-state index contributed by atoms with van der Waals surface area (Å²) < 4.78 is 2.00. The quantitative estimate of drug-likeness (QED) is 0.473. The van der Waals surface area contributed by atoms with Gasteiger partial charge in [-0.05, 0) is 44.0 Å². The van der Waals surface area contributed by atoms with Crippen molar-refractivity contribution >= 4 is 12.0 Å². The Morgan fingerprint density at radius 1 is 1.31 bits per heavy atom. The van der Waals surface area contributed by atoms with Crippen LogP contribution in [0.1, 0.15) is 42.8 Å². The predicted octanol–water partition coefficient (Wildman–Crippen LogP) is 3.38. The molecule has 0 aliphatic heterocycles. The number of imidazole rings is 1. The first-order chi connectivity index (χ1) is 14.1. The third-order valence-corrected chi connectivity index (χ3v) is 4.11. The molecule has 150 valence electrons. The Morgan fingerprint density at radius 2 is 2.14 bits per heavy atom. The van der Waals surface area contributed by atoms with E-state index in [2.05, 4.69) is 38.3 Å². The van der Waals surface area contributed by atoms with Crippen molar-refractivity contribution in [1.82, 2.24) is 24.7 Å². The Balaban J connectivity index is 0.000000278. The molecule has 0 saturated heterocycles. The zero-order valence-corrected chi connectivity index (χ0v) is 17.3. The summed E-state index contributed by atoms with van der Waals surface area (Å²) in [6, 6.07) is 7.61. The van der Waals surface area contributed by atoms with E-state index in [1.165, 1.54) is 5.56 Å². The highest BCUT2D eigenvalue weighted by Gasteiger charge is 2.09. The summed E-state index contributed by atoms with van der Waals surface area (Å²) in [6.45, 7) is 6.56. The molecule has 0 atom stereocenters. The topological polar surface area (TPSA) is 95.9 Å². The van der Waals surface area contributed by atoms with E-state index in [4.69, 9.17) is 5.26 Å². The zero-order chi connectivity index (χ0) is 21.1. The van der Waals surface area contributed by atoms with Crippen molar-refractivity contribution in [2.24, 2.45) is 5.10 Å². The molecule has 0 N–H and O–H groups in total. The Morgan fingerprint density at radius 3 is 2.72 bits per heavy atom. The smallest absolute Gasteiger partial charge is 0.171 e. The summed E-state index contributed by atoms with van der Waals surface area (Å²) in [6.07, 6.45) is 11.0. The minimum Gasteiger partial charge on any atom is -0.331 e. The number of aromatic nitrogens is 5. The first kappa shape index (κ1) is 21.7. The van der Waals surface area contributed by atoms with Gasteiger partial charge in [-0.2, -0.15) is 15.5 Å². The lowest BCUT2D eigenvalue weighted by Crippen LogP contribution is -2.14. The van der Waals surface area contributed by atoms with Gasteiger partial charge in [0.2, 0.25) is 0 Å². The fourth-order valence-corrected chi connectivity index (χ4v) is 2.61. The first-order valence-electron chi connectivity index (χ1n) is 9.44. The zero-order valence-electron chi connectivity index (χ0n) is 17.3. The van der Waals surface area contributed by atoms with Gasteiger partial charge < -0.3 is 4.57 Å². The van der Waals surface area contributed by atoms with Gasteiger partial charge in [0, 0.05) is 31.9 Å². The van der Waals surface area contributed by atoms with Crippen LogP contribution in [0.25, 0.3) is 0 Å². The maximum atomic E-state index is 8.43. The number of hydrogen-bond donors (Lipinski definition) is 0. The molecule has 0 aromatic carbocycles. The molecule has 29 heavy (non-hydrogen) atoms. The number of nitriles is 1. The summed E-state index contributed by atoms with van der Waals surface area (Å²) in [5.74, 6) is 0.765. The number of hydrogen-bond acceptors (Lipinski definition) is 7. The van der Waals surface area contributed by atoms with Crippen molar-refractivity contribution in [3.8, 4) is 6.07 Å². The molecule has 8 nitrogen and oxygen atoms in total. The standard InChI is InChI=1S/C14H20N6.C7H6N2/c1-4-6-12-9-14(19(3)16-5-2)18-17-13(12)10-20-8-7-15-11-20;1-6-7(5-8)3-2-4-9-6/h5,7-9,11H,4,6,10H2,1-3H3;2-4H,1H3/b16-5-;. The van der Waals surface area contributed by atoms with Crippen molar-refractivity contribution in [3.63, 3.8) is 0 Å². The minimum absolute atomic E-state index is 0.650. The third kappa shape index (κ3) is 6.50. The second-order valence-electron chi connectivity index (χ2n) is 6.30. The largest absolute Gasteiger partial charge is 0.331 e. The van der Waals surface area contributed by atoms with E-state index in [0.717, 1.165) is 30.0 Å². The van der Waals surface area contributed by atoms with E-state index in [1.54, 1.807) is 42.1 Å². The molecule has 3 aromatic heterocycles. The Labute approximate surface area is 171 Å². The van der Waals surface area contributed by atoms with E-state index in [9.17, 15) is 0 Å². The summed E-state index contributed by atoms with van der Waals surface area (Å²) in [4.78, 5) is 7.98. The van der Waals surface area contributed by atoms with E-state index in [-0.39, 0.29) is 0 Å². The highest BCUT2D eigenvalue weighted by atomic mass is 15.5. The number of anilines is 1. The van der Waals surface area contributed by atoms with Gasteiger partial charge in [0.1, 0.15) is 6.07 Å². The fourth-order valence-electron chi connectivity index (χ4n) is 2.61. The lowest BCUT2D eigenvalue weighted by atomic mass is 10.1. The van der Waals surface area contributed by atoms with Crippen LogP contribution in [-0.2, 0) is 13.0 Å². The van der Waals surface area contributed by atoms with Crippen molar-refractivity contribution in [2.45, 2.75) is 40.2 Å². The Hall–Kier alpha value is -3.60. The average molecular weight is 390 g/mol. The number of hydrazone groups is 1. The Bertz CT molecular complexity index is 957. The predicted molar refractivity (Wildman–Crippen MR) is 114 cm³/mol. The van der Waals surface area contributed by atoms with Gasteiger partial charge in [-0.1, -0.05) is 13.3 Å². The molecule has 0 saturated carbocycles. The molecular formula is C21H26N8. The highest BCUT2D eigenvalue weighted by Crippen LogP contribution is 2.16. The highest BCUT2D eigenvalue weighted by molar-refractivity contribution is 5.56. The normalized spacial score (nSPS) is 10.3. The molecule has 0 fully saturated rings. The molecule has 0 bridgehead atoms. The minimum atomic E-state index is 0.650. The summed E-state index contributed by atoms with van der Waals surface area (Å²) >= 11 is 0. The van der Waals surface area contributed by atoms with E-state index < -0.39 is 0 Å². The van der Waals surface area contributed by atoms with Gasteiger partial charge in [0.25, 0.3) is 0 Å². The number of nitrogens with zero attached hydrogens (tertiary/aromatic N) is 8. The molecule has 0 aliphatic carbocycles. The molecule has 0 aliphatic rings. The second kappa shape index (κ2) is 11.3. The van der Waals surface area contributed by atoms with Crippen molar-refractivity contribution in [1.29, 1.82) is 5.26 Å². The maximum absolute atomic E-state index is 8.43. The van der Waals surface area contributed by atoms with E-state index in [1.807, 2.05) is 37.7 Å². The summed E-state index contributed by atoms with van der Waals surface area (Å²) in [5.41, 5.74) is 3.64. The molecule has 0 radical (unpaired) electrons. The van der Waals surface area contributed by atoms with Crippen LogP contribution in [0, 0.1) is 18.3 Å². The van der Waals surface area contributed by atoms with Gasteiger partial charge in [-0.15, -0.1) is 5.10 Å². The van der Waals surface area contributed by atoms with Gasteiger partial charge in [0.05, 0.1) is 29.8 Å². The molecule has 3 aromatic rings. The van der Waals surface area contributed by atoms with Gasteiger partial charge in [-0.3, -0.25) is 4.98 Å². The molecule has 8 heteroatoms. The summed E-state index contributed by atoms with van der Waals surface area (Å²) in [7, 11) is 1.87. The SMILES string of the molecule is C/C=N\N(C)c1cc(CCC)c(Cn2ccnc2)nn1.Cc1ncccc1C#N. The van der Waals surface area contributed by atoms with Crippen LogP contribution in [0.4, 0.5) is 5.82 Å². The van der Waals surface area contributed by atoms with Crippen LogP contribution in [0.3, 0.4) is 0 Å². The third-order valence-electron chi connectivity index (χ3n) is 4.11. The molecule has 3 heterocycles. The number of rotatable bonds is 6. The maximum Gasteiger partial charge on any atom is 0.171 e. The van der Waals surface area contributed by atoms with Crippen LogP contribution in [0.5, 0.6) is 0 Å². The van der Waals surface area contributed by atoms with Crippen LogP contribution < -0.4 is 5.01 Å². The molecule has 0 spiro atoms. The molecular weight excluding hydrogens is 364 g/mol. The lowest BCUT2D eigenvalue weighted by Gasteiger charge is -2.14. The summed E-state index contributed by atoms with van der Waals surface area (Å²) in [5, 5.41) is 23.0. The van der Waals surface area contributed by atoms with Crippen LogP contribution in [0.2, 0.25) is 0 Å². The van der Waals surface area contributed by atoms with E-state index in [0.29, 0.717) is 12.1 Å². The van der Waals surface area contributed by atoms with Crippen LogP contribution in [0.15, 0.2) is 48.2 Å². The molecule has 0 amide bonds. The first-order valence-corrected chi connectivity index (χ1v) is 9.44. The average Bonchev–Trinajstić information content (AvgIpc) is 3.24. The van der Waals surface area contributed by atoms with E-state index >= 15 is 0 Å². The van der Waals surface area contributed by atoms with Gasteiger partial charge >= 0.3 is 0 Å². The Kier molecular flexibility index (Phi) is 8.45. The van der Waals surface area contributed by atoms with Crippen LogP contribution >= 0.6 is 0 Å². The van der Waals surface area contributed by atoms with Gasteiger partial charge in [0.15, 0.2) is 5.82 Å². The number of pyridine rings is 1. The van der Waals surface area contributed by atoms with Crippen molar-refractivity contribution in [3.05, 3.63) is 65.6 Å². The van der Waals surface area contributed by atoms with Gasteiger partial charge in [-0.25, -0.2) is 9.99 Å². The van der Waals surface area contributed by atoms with Crippen molar-refractivity contribution in [2.75, 3.05) is 12.1 Å². The monoisotopic (exact) mass is 390 g/mol.